The zero-order valence-corrected chi connectivity index (χ0v) is 11.8. The Bertz CT molecular complexity index is 538. The predicted octanol–water partition coefficient (Wildman–Crippen LogP) is 2.79. The summed E-state index contributed by atoms with van der Waals surface area (Å²) in [5, 5.41) is 14.1. The number of carbonyl (C=O) groups is 2. The van der Waals surface area contributed by atoms with E-state index < -0.39 is 5.97 Å². The number of hydrogen-bond donors (Lipinski definition) is 3. The summed E-state index contributed by atoms with van der Waals surface area (Å²) in [6.07, 6.45) is 9.23. The van der Waals surface area contributed by atoms with Gasteiger partial charge in [-0.25, -0.2) is 14.6 Å². The lowest BCUT2D eigenvalue weighted by Gasteiger charge is -2.13. The van der Waals surface area contributed by atoms with Gasteiger partial charge in [-0.3, -0.25) is 0 Å². The van der Waals surface area contributed by atoms with E-state index in [1.54, 1.807) is 0 Å². The van der Waals surface area contributed by atoms with E-state index in [0.717, 1.165) is 19.3 Å². The second-order valence-electron chi connectivity index (χ2n) is 4.98. The summed E-state index contributed by atoms with van der Waals surface area (Å²) in [7, 11) is 0. The molecule has 112 valence electrons. The smallest absolute Gasteiger partial charge is 0.354 e. The van der Waals surface area contributed by atoms with Gasteiger partial charge in [0.05, 0.1) is 11.9 Å². The predicted molar refractivity (Wildman–Crippen MR) is 79.4 cm³/mol. The number of nitrogens with zero attached hydrogens (tertiary/aromatic N) is 1. The normalized spacial score (nSPS) is 14.2. The Morgan fingerprint density at radius 3 is 2.76 bits per heavy atom. The lowest BCUT2D eigenvalue weighted by Crippen LogP contribution is -2.29. The molecule has 6 heteroatoms. The summed E-state index contributed by atoms with van der Waals surface area (Å²) >= 11 is 0. The molecule has 1 heterocycles. The van der Waals surface area contributed by atoms with Crippen LogP contribution in [0, 0.1) is 0 Å². The summed E-state index contributed by atoms with van der Waals surface area (Å²) in [6, 6.07) is 2.56. The average molecular weight is 289 g/mol. The molecule has 2 rings (SSSR count). The van der Waals surface area contributed by atoms with Crippen molar-refractivity contribution in [3.05, 3.63) is 35.7 Å². The molecule has 0 bridgehead atoms. The first-order valence-corrected chi connectivity index (χ1v) is 7.07. The highest BCUT2D eigenvalue weighted by atomic mass is 16.4. The van der Waals surface area contributed by atoms with Crippen LogP contribution in [0.1, 0.15) is 42.6 Å². The molecule has 0 aromatic carbocycles. The summed E-state index contributed by atoms with van der Waals surface area (Å²) in [5.41, 5.74) is 1.83. The fraction of sp³-hybridized carbons (Fsp3) is 0.400. The largest absolute Gasteiger partial charge is 0.477 e. The number of pyridine rings is 1. The molecule has 6 nitrogen and oxygen atoms in total. The molecule has 1 aromatic heterocycles. The highest BCUT2D eigenvalue weighted by Crippen LogP contribution is 2.19. The number of anilines is 1. The molecule has 1 aliphatic carbocycles. The maximum absolute atomic E-state index is 11.7. The summed E-state index contributed by atoms with van der Waals surface area (Å²) < 4.78 is 0. The minimum atomic E-state index is -1.09. The number of hydrogen-bond acceptors (Lipinski definition) is 3. The van der Waals surface area contributed by atoms with Gasteiger partial charge in [0.2, 0.25) is 0 Å². The minimum Gasteiger partial charge on any atom is -0.477 e. The van der Waals surface area contributed by atoms with Crippen molar-refractivity contribution in [2.24, 2.45) is 0 Å². The fourth-order valence-corrected chi connectivity index (χ4v) is 2.24. The van der Waals surface area contributed by atoms with E-state index in [1.165, 1.54) is 36.7 Å². The van der Waals surface area contributed by atoms with Crippen LogP contribution in [0.3, 0.4) is 0 Å². The Hall–Kier alpha value is -2.37. The van der Waals surface area contributed by atoms with Crippen LogP contribution in [-0.2, 0) is 0 Å². The first-order valence-electron chi connectivity index (χ1n) is 7.07. The molecule has 0 spiro atoms. The monoisotopic (exact) mass is 289 g/mol. The van der Waals surface area contributed by atoms with Crippen molar-refractivity contribution in [1.82, 2.24) is 10.3 Å². The van der Waals surface area contributed by atoms with Crippen LogP contribution in [-0.4, -0.2) is 28.6 Å². The van der Waals surface area contributed by atoms with Crippen molar-refractivity contribution in [2.75, 3.05) is 11.9 Å². The van der Waals surface area contributed by atoms with Crippen molar-refractivity contribution >= 4 is 17.7 Å². The molecular weight excluding hydrogens is 270 g/mol. The van der Waals surface area contributed by atoms with Crippen LogP contribution < -0.4 is 10.6 Å². The maximum Gasteiger partial charge on any atom is 0.354 e. The molecule has 0 saturated heterocycles. The number of carbonyl (C=O) groups excluding carboxylic acids is 1. The van der Waals surface area contributed by atoms with Crippen LogP contribution in [0.2, 0.25) is 0 Å². The zero-order chi connectivity index (χ0) is 15.1. The van der Waals surface area contributed by atoms with Gasteiger partial charge in [-0.15, -0.1) is 0 Å². The minimum absolute atomic E-state index is 0.0507. The molecule has 21 heavy (non-hydrogen) atoms. The molecule has 0 radical (unpaired) electrons. The van der Waals surface area contributed by atoms with Crippen molar-refractivity contribution in [2.45, 2.75) is 32.1 Å². The number of carboxylic acid groups (broad SMARTS) is 1. The maximum atomic E-state index is 11.7. The number of carboxylic acids is 1. The Morgan fingerprint density at radius 1 is 1.29 bits per heavy atom. The third-order valence-corrected chi connectivity index (χ3v) is 3.36. The Morgan fingerprint density at radius 2 is 2.14 bits per heavy atom. The lowest BCUT2D eigenvalue weighted by atomic mass is 9.97. The van der Waals surface area contributed by atoms with Gasteiger partial charge in [0, 0.05) is 6.54 Å². The highest BCUT2D eigenvalue weighted by molar-refractivity contribution is 5.90. The number of allylic oxidation sites excluding steroid dienone is 1. The van der Waals surface area contributed by atoms with E-state index >= 15 is 0 Å². The molecular formula is C15H19N3O3. The topological polar surface area (TPSA) is 91.3 Å². The van der Waals surface area contributed by atoms with Gasteiger partial charge in [0.25, 0.3) is 0 Å². The molecule has 0 unspecified atom stereocenters. The summed E-state index contributed by atoms with van der Waals surface area (Å²) in [6.45, 7) is 0.596. The van der Waals surface area contributed by atoms with Gasteiger partial charge in [0.1, 0.15) is 5.69 Å². The van der Waals surface area contributed by atoms with Gasteiger partial charge < -0.3 is 15.7 Å². The number of aromatic nitrogens is 1. The molecule has 0 fully saturated rings. The van der Waals surface area contributed by atoms with Crippen molar-refractivity contribution in [1.29, 1.82) is 0 Å². The number of nitrogens with one attached hydrogen (secondary N) is 2. The van der Waals surface area contributed by atoms with Gasteiger partial charge in [-0.2, -0.15) is 0 Å². The number of aromatic carboxylic acids is 1. The Labute approximate surface area is 123 Å². The van der Waals surface area contributed by atoms with Crippen molar-refractivity contribution < 1.29 is 14.7 Å². The van der Waals surface area contributed by atoms with E-state index in [0.29, 0.717) is 12.2 Å². The first kappa shape index (κ1) is 15.0. The van der Waals surface area contributed by atoms with Crippen molar-refractivity contribution in [3.8, 4) is 0 Å². The molecule has 0 atom stereocenters. The van der Waals surface area contributed by atoms with Crippen LogP contribution >= 0.6 is 0 Å². The van der Waals surface area contributed by atoms with Gasteiger partial charge in [-0.1, -0.05) is 11.6 Å². The quantitative estimate of drug-likeness (QED) is 0.727. The van der Waals surface area contributed by atoms with Gasteiger partial charge in [-0.05, 0) is 44.2 Å². The van der Waals surface area contributed by atoms with Gasteiger partial charge >= 0.3 is 12.0 Å². The van der Waals surface area contributed by atoms with E-state index in [4.69, 9.17) is 5.11 Å². The third kappa shape index (κ3) is 4.91. The van der Waals surface area contributed by atoms with Crippen molar-refractivity contribution in [3.63, 3.8) is 0 Å². The van der Waals surface area contributed by atoms with Crippen LogP contribution in [0.5, 0.6) is 0 Å². The van der Waals surface area contributed by atoms with Gasteiger partial charge in [0.15, 0.2) is 0 Å². The number of urea groups is 1. The van der Waals surface area contributed by atoms with Crippen LogP contribution in [0.15, 0.2) is 30.0 Å². The number of rotatable bonds is 5. The third-order valence-electron chi connectivity index (χ3n) is 3.36. The SMILES string of the molecule is O=C(NCCC1=CCCCC1)Nc1ccc(C(=O)O)nc1. The number of amides is 2. The Balaban J connectivity index is 1.73. The molecule has 2 amide bonds. The van der Waals surface area contributed by atoms with E-state index in [1.807, 2.05) is 0 Å². The second kappa shape index (κ2) is 7.42. The Kier molecular flexibility index (Phi) is 5.31. The first-order chi connectivity index (χ1) is 10.1. The molecule has 0 aliphatic heterocycles. The molecule has 1 aliphatic rings. The van der Waals surface area contributed by atoms with E-state index in [9.17, 15) is 9.59 Å². The fourth-order valence-electron chi connectivity index (χ4n) is 2.24. The highest BCUT2D eigenvalue weighted by Gasteiger charge is 2.07. The lowest BCUT2D eigenvalue weighted by molar-refractivity contribution is 0.0690. The van der Waals surface area contributed by atoms with E-state index in [-0.39, 0.29) is 11.7 Å². The summed E-state index contributed by atoms with van der Waals surface area (Å²) in [4.78, 5) is 26.1. The summed E-state index contributed by atoms with van der Waals surface area (Å²) in [5.74, 6) is -1.09. The van der Waals surface area contributed by atoms with E-state index in [2.05, 4.69) is 21.7 Å². The molecule has 0 saturated carbocycles. The molecule has 1 aromatic rings. The second-order valence-corrected chi connectivity index (χ2v) is 4.98. The zero-order valence-electron chi connectivity index (χ0n) is 11.8. The van der Waals surface area contributed by atoms with Crippen LogP contribution in [0.4, 0.5) is 10.5 Å². The van der Waals surface area contributed by atoms with Crippen LogP contribution in [0.25, 0.3) is 0 Å². The standard InChI is InChI=1S/C15H19N3O3/c19-14(20)13-7-6-12(10-17-13)18-15(21)16-9-8-11-4-2-1-3-5-11/h4,6-7,10H,1-3,5,8-9H2,(H,19,20)(H2,16,18,21). The average Bonchev–Trinajstić information content (AvgIpc) is 2.49. The molecule has 3 N–H and O–H groups in total.